The van der Waals surface area contributed by atoms with Crippen molar-refractivity contribution < 1.29 is 22.4 Å². The Bertz CT molecular complexity index is 1380. The Morgan fingerprint density at radius 1 is 1.23 bits per heavy atom. The maximum atomic E-state index is 14.7. The molecule has 0 saturated carbocycles. The largest absolute Gasteiger partial charge is 0.408 e. The lowest BCUT2D eigenvalue weighted by Crippen LogP contribution is -2.63. The minimum absolute atomic E-state index is 0.0140. The molecule has 12 heteroatoms. The number of hydrogen-bond donors (Lipinski definition) is 2. The molecule has 0 aliphatic carbocycles. The van der Waals surface area contributed by atoms with Crippen LogP contribution in [0.25, 0.3) is 16.9 Å². The second kappa shape index (κ2) is 8.06. The minimum atomic E-state index is -4.56. The van der Waals surface area contributed by atoms with Crippen molar-refractivity contribution in [3.8, 4) is 23.0 Å². The number of pyridine rings is 1. The van der Waals surface area contributed by atoms with E-state index in [0.29, 0.717) is 12.2 Å². The predicted octanol–water partition coefficient (Wildman–Crippen LogP) is 3.05. The van der Waals surface area contributed by atoms with Crippen molar-refractivity contribution >= 4 is 11.7 Å². The van der Waals surface area contributed by atoms with Crippen LogP contribution in [0.4, 0.5) is 23.4 Å². The van der Waals surface area contributed by atoms with Crippen molar-refractivity contribution in [2.24, 2.45) is 5.73 Å². The zero-order chi connectivity index (χ0) is 25.0. The number of fused-ring (bicyclic) bond motifs is 1. The highest BCUT2D eigenvalue weighted by Gasteiger charge is 2.53. The molecule has 3 aromatic rings. The number of carbonyl (C=O) groups excluding carboxylic acids is 1. The van der Waals surface area contributed by atoms with E-state index in [1.54, 1.807) is 0 Å². The van der Waals surface area contributed by atoms with Crippen molar-refractivity contribution in [2.75, 3.05) is 18.0 Å². The molecular formula is C23H19F4N7O. The number of amides is 1. The summed E-state index contributed by atoms with van der Waals surface area (Å²) in [5.74, 6) is -0.797. The number of piperidine rings is 1. The van der Waals surface area contributed by atoms with E-state index in [0.717, 1.165) is 0 Å². The van der Waals surface area contributed by atoms with E-state index >= 15 is 0 Å². The first-order valence-corrected chi connectivity index (χ1v) is 10.8. The monoisotopic (exact) mass is 485 g/mol. The Kier molecular flexibility index (Phi) is 5.25. The number of nitrogens with one attached hydrogen (secondary N) is 1. The summed E-state index contributed by atoms with van der Waals surface area (Å²) < 4.78 is 56.5. The Morgan fingerprint density at radius 3 is 2.77 bits per heavy atom. The van der Waals surface area contributed by atoms with Gasteiger partial charge in [-0.25, -0.2) is 14.1 Å². The van der Waals surface area contributed by atoms with Gasteiger partial charge in [-0.3, -0.25) is 4.79 Å². The molecule has 0 spiro atoms. The zero-order valence-electron chi connectivity index (χ0n) is 18.2. The molecule has 5 rings (SSSR count). The van der Waals surface area contributed by atoms with Crippen LogP contribution in [0, 0.1) is 17.1 Å². The molecule has 0 bridgehead atoms. The van der Waals surface area contributed by atoms with E-state index in [2.05, 4.69) is 15.4 Å². The Balaban J connectivity index is 1.58. The molecule has 1 amide bonds. The average molecular weight is 485 g/mol. The smallest absolute Gasteiger partial charge is 0.353 e. The van der Waals surface area contributed by atoms with E-state index in [4.69, 9.17) is 5.73 Å². The second-order valence-corrected chi connectivity index (χ2v) is 8.60. The molecular weight excluding hydrogens is 466 g/mol. The fourth-order valence-electron chi connectivity index (χ4n) is 4.53. The molecule has 1 aromatic carbocycles. The SMILES string of the molecule is N#Cc1cccc(F)c1-c1cc(-n2ccc(N3CCC[C@@](N)(C(F)(F)F)C3)n2)c2c(n1)CNC2=O. The Hall–Kier alpha value is -3.98. The van der Waals surface area contributed by atoms with Crippen LogP contribution in [-0.2, 0) is 6.54 Å². The average Bonchev–Trinajstić information content (AvgIpc) is 3.45. The Morgan fingerprint density at radius 2 is 2.03 bits per heavy atom. The summed E-state index contributed by atoms with van der Waals surface area (Å²) in [5, 5.41) is 16.5. The molecule has 180 valence electrons. The van der Waals surface area contributed by atoms with Crippen LogP contribution in [0.5, 0.6) is 0 Å². The summed E-state index contributed by atoms with van der Waals surface area (Å²) in [6, 6.07) is 8.99. The van der Waals surface area contributed by atoms with E-state index in [1.807, 2.05) is 6.07 Å². The van der Waals surface area contributed by atoms with Crippen LogP contribution in [0.2, 0.25) is 0 Å². The summed E-state index contributed by atoms with van der Waals surface area (Å²) in [7, 11) is 0. The van der Waals surface area contributed by atoms with Crippen LogP contribution in [0.3, 0.4) is 0 Å². The van der Waals surface area contributed by atoms with E-state index in [1.165, 1.54) is 46.1 Å². The first-order chi connectivity index (χ1) is 16.6. The summed E-state index contributed by atoms with van der Waals surface area (Å²) >= 11 is 0. The van der Waals surface area contributed by atoms with Crippen LogP contribution < -0.4 is 16.0 Å². The van der Waals surface area contributed by atoms with Gasteiger partial charge in [-0.2, -0.15) is 23.5 Å². The fourth-order valence-corrected chi connectivity index (χ4v) is 4.53. The Labute approximate surface area is 197 Å². The van der Waals surface area contributed by atoms with Gasteiger partial charge in [-0.15, -0.1) is 0 Å². The lowest BCUT2D eigenvalue weighted by Gasteiger charge is -2.41. The van der Waals surface area contributed by atoms with Crippen molar-refractivity contribution in [2.45, 2.75) is 31.1 Å². The van der Waals surface area contributed by atoms with Crippen molar-refractivity contribution in [3.63, 3.8) is 0 Å². The van der Waals surface area contributed by atoms with Crippen molar-refractivity contribution in [3.05, 3.63) is 59.2 Å². The highest BCUT2D eigenvalue weighted by Crippen LogP contribution is 2.37. The lowest BCUT2D eigenvalue weighted by molar-refractivity contribution is -0.187. The topological polar surface area (TPSA) is 113 Å². The van der Waals surface area contributed by atoms with Gasteiger partial charge in [0.15, 0.2) is 5.82 Å². The van der Waals surface area contributed by atoms with E-state index in [-0.39, 0.29) is 53.3 Å². The number of aromatic nitrogens is 3. The fraction of sp³-hybridized carbons (Fsp3) is 0.304. The quantitative estimate of drug-likeness (QED) is 0.552. The summed E-state index contributed by atoms with van der Waals surface area (Å²) in [6.45, 7) is -0.00564. The van der Waals surface area contributed by atoms with Gasteiger partial charge in [0, 0.05) is 25.4 Å². The van der Waals surface area contributed by atoms with Gasteiger partial charge < -0.3 is 16.0 Å². The second-order valence-electron chi connectivity index (χ2n) is 8.60. The van der Waals surface area contributed by atoms with Gasteiger partial charge in [0.1, 0.15) is 11.4 Å². The number of hydrogen-bond acceptors (Lipinski definition) is 6. The number of nitrogens with zero attached hydrogens (tertiary/aromatic N) is 5. The standard InChI is InChI=1S/C23H19F4N7O/c24-14-4-1-3-13(10-28)19(14)15-9-17(20-16(31-15)11-30-21(20)35)34-8-5-18(32-34)33-7-2-6-22(29,12-33)23(25,26)27/h1,3-5,8-9H,2,6-7,11-12,29H2,(H,30,35)/t22-/m0/s1. The van der Waals surface area contributed by atoms with Crippen LogP contribution in [-0.4, -0.2) is 45.5 Å². The van der Waals surface area contributed by atoms with E-state index in [9.17, 15) is 27.6 Å². The number of halogens is 4. The number of carbonyl (C=O) groups is 1. The third-order valence-corrected chi connectivity index (χ3v) is 6.34. The normalized spacial score (nSPS) is 19.9. The zero-order valence-corrected chi connectivity index (χ0v) is 18.2. The van der Waals surface area contributed by atoms with Gasteiger partial charge in [0.05, 0.1) is 46.4 Å². The number of nitrogens with two attached hydrogens (primary N) is 1. The first-order valence-electron chi connectivity index (χ1n) is 10.8. The van der Waals surface area contributed by atoms with Gasteiger partial charge in [0.2, 0.25) is 0 Å². The molecule has 2 aliphatic rings. The minimum Gasteiger partial charge on any atom is -0.353 e. The third kappa shape index (κ3) is 3.77. The van der Waals surface area contributed by atoms with Gasteiger partial charge in [-0.1, -0.05) is 6.07 Å². The molecule has 3 N–H and O–H groups in total. The number of anilines is 1. The molecule has 4 heterocycles. The molecule has 0 unspecified atom stereocenters. The summed E-state index contributed by atoms with van der Waals surface area (Å²) in [5.41, 5.74) is 4.36. The van der Waals surface area contributed by atoms with Crippen LogP contribution in [0.1, 0.15) is 34.5 Å². The molecule has 2 aromatic heterocycles. The highest BCUT2D eigenvalue weighted by molar-refractivity contribution is 6.01. The molecule has 8 nitrogen and oxygen atoms in total. The maximum absolute atomic E-state index is 14.7. The molecule has 35 heavy (non-hydrogen) atoms. The lowest BCUT2D eigenvalue weighted by atomic mass is 9.89. The number of benzene rings is 1. The first kappa shape index (κ1) is 22.8. The van der Waals surface area contributed by atoms with Gasteiger partial charge in [-0.05, 0) is 31.0 Å². The number of nitriles is 1. The molecule has 1 fully saturated rings. The third-order valence-electron chi connectivity index (χ3n) is 6.34. The summed E-state index contributed by atoms with van der Waals surface area (Å²) in [6.07, 6.45) is -3.00. The van der Waals surface area contributed by atoms with Crippen LogP contribution in [0.15, 0.2) is 36.5 Å². The molecule has 2 aliphatic heterocycles. The van der Waals surface area contributed by atoms with E-state index < -0.39 is 30.0 Å². The van der Waals surface area contributed by atoms with Crippen LogP contribution >= 0.6 is 0 Å². The van der Waals surface area contributed by atoms with Crippen molar-refractivity contribution in [1.82, 2.24) is 20.1 Å². The maximum Gasteiger partial charge on any atom is 0.408 e. The molecule has 1 saturated heterocycles. The number of alkyl halides is 3. The molecule has 0 radical (unpaired) electrons. The predicted molar refractivity (Wildman–Crippen MR) is 117 cm³/mol. The molecule has 1 atom stereocenters. The highest BCUT2D eigenvalue weighted by atomic mass is 19.4. The van der Waals surface area contributed by atoms with Crippen molar-refractivity contribution in [1.29, 1.82) is 5.26 Å². The number of rotatable bonds is 3. The van der Waals surface area contributed by atoms with Gasteiger partial charge in [0.25, 0.3) is 5.91 Å². The van der Waals surface area contributed by atoms with Gasteiger partial charge >= 0.3 is 6.18 Å². The summed E-state index contributed by atoms with van der Waals surface area (Å²) in [4.78, 5) is 18.4.